The van der Waals surface area contributed by atoms with Crippen molar-refractivity contribution in [1.29, 1.82) is 0 Å². The van der Waals surface area contributed by atoms with Gasteiger partial charge in [0.2, 0.25) is 5.91 Å². The quantitative estimate of drug-likeness (QED) is 0.540. The third-order valence-corrected chi connectivity index (χ3v) is 3.68. The number of benzene rings is 1. The Morgan fingerprint density at radius 1 is 1.14 bits per heavy atom. The summed E-state index contributed by atoms with van der Waals surface area (Å²) in [6, 6.07) is 5.40. The average Bonchev–Trinajstić information content (AvgIpc) is 3.09. The largest absolute Gasteiger partial charge is 0.467 e. The van der Waals surface area contributed by atoms with E-state index in [1.54, 1.807) is 0 Å². The van der Waals surface area contributed by atoms with Crippen molar-refractivity contribution in [3.63, 3.8) is 0 Å². The summed E-state index contributed by atoms with van der Waals surface area (Å²) in [7, 11) is 0. The molecule has 0 fully saturated rings. The molecule has 0 aliphatic heterocycles. The summed E-state index contributed by atoms with van der Waals surface area (Å²) < 4.78 is 69.4. The van der Waals surface area contributed by atoms with Crippen molar-refractivity contribution in [2.75, 3.05) is 13.1 Å². The van der Waals surface area contributed by atoms with Crippen LogP contribution in [0, 0.1) is 11.6 Å². The average molecular weight is 404 g/mol. The molecule has 0 radical (unpaired) electrons. The van der Waals surface area contributed by atoms with Crippen LogP contribution in [0.4, 0.5) is 22.0 Å². The predicted octanol–water partition coefficient (Wildman–Crippen LogP) is 3.66. The smallest absolute Gasteiger partial charge is 0.406 e. The van der Waals surface area contributed by atoms with Gasteiger partial charge in [-0.25, -0.2) is 8.78 Å². The number of halogens is 5. The highest BCUT2D eigenvalue weighted by molar-refractivity contribution is 5.94. The zero-order valence-corrected chi connectivity index (χ0v) is 14.6. The molecule has 1 heterocycles. The van der Waals surface area contributed by atoms with Gasteiger partial charge in [0.1, 0.15) is 23.9 Å². The third kappa shape index (κ3) is 6.67. The molecular formula is C18H17F5N2O3. The Hall–Kier alpha value is -2.91. The summed E-state index contributed by atoms with van der Waals surface area (Å²) in [5.41, 5.74) is -0.371. The van der Waals surface area contributed by atoms with Gasteiger partial charge in [0.25, 0.3) is 5.91 Å². The van der Waals surface area contributed by atoms with Crippen molar-refractivity contribution in [3.8, 4) is 0 Å². The van der Waals surface area contributed by atoms with E-state index in [1.165, 1.54) is 18.4 Å². The molecule has 2 amide bonds. The van der Waals surface area contributed by atoms with Crippen LogP contribution in [0.1, 0.15) is 29.0 Å². The Morgan fingerprint density at radius 2 is 1.89 bits per heavy atom. The molecule has 1 aromatic carbocycles. The molecule has 1 aromatic heterocycles. The Balaban J connectivity index is 1.85. The number of rotatable bonds is 8. The van der Waals surface area contributed by atoms with E-state index in [1.807, 2.05) is 0 Å². The van der Waals surface area contributed by atoms with Crippen LogP contribution in [-0.4, -0.2) is 36.0 Å². The highest BCUT2D eigenvalue weighted by Crippen LogP contribution is 2.19. The predicted molar refractivity (Wildman–Crippen MR) is 88.1 cm³/mol. The van der Waals surface area contributed by atoms with E-state index in [-0.39, 0.29) is 37.3 Å². The fourth-order valence-corrected chi connectivity index (χ4v) is 2.41. The second-order valence-corrected chi connectivity index (χ2v) is 5.93. The van der Waals surface area contributed by atoms with Crippen molar-refractivity contribution >= 4 is 11.8 Å². The number of alkyl halides is 3. The van der Waals surface area contributed by atoms with E-state index in [9.17, 15) is 31.5 Å². The van der Waals surface area contributed by atoms with Gasteiger partial charge in [-0.15, -0.1) is 0 Å². The second kappa shape index (κ2) is 9.34. The van der Waals surface area contributed by atoms with Gasteiger partial charge in [-0.05, 0) is 30.7 Å². The fraction of sp³-hybridized carbons (Fsp3) is 0.333. The molecular weight excluding hydrogens is 387 g/mol. The molecule has 5 nitrogen and oxygen atoms in total. The molecule has 0 saturated carbocycles. The van der Waals surface area contributed by atoms with Gasteiger partial charge < -0.3 is 14.6 Å². The highest BCUT2D eigenvalue weighted by atomic mass is 19.4. The van der Waals surface area contributed by atoms with Crippen molar-refractivity contribution in [2.24, 2.45) is 0 Å². The number of hydrogen-bond acceptors (Lipinski definition) is 3. The molecule has 0 spiro atoms. The summed E-state index contributed by atoms with van der Waals surface area (Å²) in [5, 5.41) is 2.33. The summed E-state index contributed by atoms with van der Waals surface area (Å²) in [5.74, 6) is -3.24. The fourth-order valence-electron chi connectivity index (χ4n) is 2.41. The monoisotopic (exact) mass is 404 g/mol. The van der Waals surface area contributed by atoms with Crippen molar-refractivity contribution in [2.45, 2.75) is 25.6 Å². The first kappa shape index (κ1) is 21.4. The molecule has 2 aromatic rings. The Morgan fingerprint density at radius 3 is 2.50 bits per heavy atom. The lowest BCUT2D eigenvalue weighted by Crippen LogP contribution is -2.38. The highest BCUT2D eigenvalue weighted by Gasteiger charge is 2.33. The minimum Gasteiger partial charge on any atom is -0.467 e. The Bertz CT molecular complexity index is 806. The standard InChI is InChI=1S/C18H17F5N2O3/c19-12-5-6-14(15(20)9-12)17(27)24-7-1-4-16(26)25(11-18(21,22)23)10-13-3-2-8-28-13/h2-3,5-6,8-9H,1,4,7,10-11H2,(H,24,27). The zero-order valence-electron chi connectivity index (χ0n) is 14.6. The molecule has 1 N–H and O–H groups in total. The first-order valence-electron chi connectivity index (χ1n) is 8.26. The topological polar surface area (TPSA) is 62.6 Å². The van der Waals surface area contributed by atoms with E-state index in [0.29, 0.717) is 11.0 Å². The first-order valence-corrected chi connectivity index (χ1v) is 8.26. The van der Waals surface area contributed by atoms with E-state index < -0.39 is 36.2 Å². The van der Waals surface area contributed by atoms with E-state index >= 15 is 0 Å². The van der Waals surface area contributed by atoms with Crippen LogP contribution in [0.15, 0.2) is 41.0 Å². The number of furan rings is 1. The molecule has 0 unspecified atom stereocenters. The van der Waals surface area contributed by atoms with Gasteiger partial charge in [-0.1, -0.05) is 0 Å². The first-order chi connectivity index (χ1) is 13.2. The molecule has 2 rings (SSSR count). The minimum atomic E-state index is -4.57. The lowest BCUT2D eigenvalue weighted by Gasteiger charge is -2.23. The second-order valence-electron chi connectivity index (χ2n) is 5.93. The molecule has 10 heteroatoms. The van der Waals surface area contributed by atoms with E-state index in [2.05, 4.69) is 5.32 Å². The number of amides is 2. The van der Waals surface area contributed by atoms with Crippen LogP contribution in [0.2, 0.25) is 0 Å². The Labute approximate surface area is 157 Å². The summed E-state index contributed by atoms with van der Waals surface area (Å²) in [6.07, 6.45) is -3.50. The maximum atomic E-state index is 13.5. The summed E-state index contributed by atoms with van der Waals surface area (Å²) in [4.78, 5) is 24.6. The number of hydrogen-bond donors (Lipinski definition) is 1. The third-order valence-electron chi connectivity index (χ3n) is 3.68. The maximum Gasteiger partial charge on any atom is 0.406 e. The van der Waals surface area contributed by atoms with Crippen LogP contribution in [-0.2, 0) is 11.3 Å². The minimum absolute atomic E-state index is 0.0416. The molecule has 0 atom stereocenters. The molecule has 28 heavy (non-hydrogen) atoms. The van der Waals surface area contributed by atoms with Crippen LogP contribution >= 0.6 is 0 Å². The number of nitrogens with zero attached hydrogens (tertiary/aromatic N) is 1. The van der Waals surface area contributed by atoms with Gasteiger partial charge in [-0.3, -0.25) is 9.59 Å². The molecule has 0 bridgehead atoms. The lowest BCUT2D eigenvalue weighted by atomic mass is 10.2. The van der Waals surface area contributed by atoms with Gasteiger partial charge >= 0.3 is 6.18 Å². The van der Waals surface area contributed by atoms with Gasteiger partial charge in [-0.2, -0.15) is 13.2 Å². The maximum absolute atomic E-state index is 13.5. The van der Waals surface area contributed by atoms with Crippen LogP contribution in [0.5, 0.6) is 0 Å². The van der Waals surface area contributed by atoms with Crippen molar-refractivity contribution in [3.05, 3.63) is 59.6 Å². The summed E-state index contributed by atoms with van der Waals surface area (Å²) in [6.45, 7) is -1.83. The molecule has 0 saturated heterocycles. The molecule has 0 aliphatic carbocycles. The van der Waals surface area contributed by atoms with E-state index in [0.717, 1.165) is 12.1 Å². The van der Waals surface area contributed by atoms with Crippen molar-refractivity contribution < 1.29 is 36.0 Å². The number of nitrogens with one attached hydrogen (secondary N) is 1. The van der Waals surface area contributed by atoms with Crippen molar-refractivity contribution in [1.82, 2.24) is 10.2 Å². The van der Waals surface area contributed by atoms with Crippen LogP contribution in [0.25, 0.3) is 0 Å². The normalized spacial score (nSPS) is 11.3. The van der Waals surface area contributed by atoms with Crippen LogP contribution < -0.4 is 5.32 Å². The number of carbonyl (C=O) groups excluding carboxylic acids is 2. The lowest BCUT2D eigenvalue weighted by molar-refractivity contribution is -0.162. The van der Waals surface area contributed by atoms with E-state index in [4.69, 9.17) is 4.42 Å². The van der Waals surface area contributed by atoms with Gasteiger partial charge in [0.15, 0.2) is 0 Å². The SMILES string of the molecule is O=C(NCCCC(=O)N(Cc1ccco1)CC(F)(F)F)c1ccc(F)cc1F. The molecule has 152 valence electrons. The van der Waals surface area contributed by atoms with Gasteiger partial charge in [0, 0.05) is 19.0 Å². The zero-order chi connectivity index (χ0) is 20.7. The van der Waals surface area contributed by atoms with Crippen LogP contribution in [0.3, 0.4) is 0 Å². The Kier molecular flexibility index (Phi) is 7.13. The summed E-state index contributed by atoms with van der Waals surface area (Å²) >= 11 is 0. The van der Waals surface area contributed by atoms with Gasteiger partial charge in [0.05, 0.1) is 18.4 Å². The number of carbonyl (C=O) groups is 2. The molecule has 0 aliphatic rings.